The van der Waals surface area contributed by atoms with E-state index in [1.165, 1.54) is 0 Å². The molecule has 1 saturated heterocycles. The number of hydrogen-bond acceptors (Lipinski definition) is 3. The largest absolute Gasteiger partial charge is 0.352 e. The molecule has 0 aromatic heterocycles. The summed E-state index contributed by atoms with van der Waals surface area (Å²) in [5.74, 6) is -0.122. The number of piperidine rings is 1. The quantitative estimate of drug-likeness (QED) is 0.898. The summed E-state index contributed by atoms with van der Waals surface area (Å²) in [6.07, 6.45) is 2.42. The highest BCUT2D eigenvalue weighted by Crippen LogP contribution is 2.18. The molecular formula is C17H20ClN3O2. The molecule has 2 rings (SSSR count). The van der Waals surface area contributed by atoms with Crippen LogP contribution >= 0.6 is 11.6 Å². The van der Waals surface area contributed by atoms with Gasteiger partial charge in [0.2, 0.25) is 11.8 Å². The Kier molecular flexibility index (Phi) is 6.42. The smallest absolute Gasteiger partial charge is 0.234 e. The van der Waals surface area contributed by atoms with Gasteiger partial charge in [0, 0.05) is 30.6 Å². The van der Waals surface area contributed by atoms with Gasteiger partial charge in [-0.3, -0.25) is 9.59 Å². The standard InChI is InChI=1S/C17H20ClN3O2/c18-15-4-2-1-3-13(15)5-6-17(23)21-11-8-14(9-12-21)20-16(22)7-10-19/h1-4,14H,5-9,11-12H2,(H,20,22). The molecule has 1 N–H and O–H groups in total. The summed E-state index contributed by atoms with van der Waals surface area (Å²) in [6.45, 7) is 1.28. The molecule has 1 aromatic carbocycles. The summed E-state index contributed by atoms with van der Waals surface area (Å²) in [7, 11) is 0. The van der Waals surface area contributed by atoms with Crippen molar-refractivity contribution in [3.63, 3.8) is 0 Å². The number of hydrogen-bond donors (Lipinski definition) is 1. The highest BCUT2D eigenvalue weighted by Gasteiger charge is 2.23. The number of rotatable bonds is 5. The highest BCUT2D eigenvalue weighted by atomic mass is 35.5. The number of carbonyl (C=O) groups excluding carboxylic acids is 2. The zero-order valence-corrected chi connectivity index (χ0v) is 13.7. The van der Waals surface area contributed by atoms with Crippen molar-refractivity contribution in [2.45, 2.75) is 38.1 Å². The first kappa shape index (κ1) is 17.3. The molecule has 2 amide bonds. The Morgan fingerprint density at radius 1 is 1.30 bits per heavy atom. The molecule has 0 atom stereocenters. The summed E-state index contributed by atoms with van der Waals surface area (Å²) < 4.78 is 0. The molecule has 1 aliphatic rings. The molecule has 1 aliphatic heterocycles. The number of carbonyl (C=O) groups is 2. The van der Waals surface area contributed by atoms with Crippen LogP contribution in [0.15, 0.2) is 24.3 Å². The summed E-state index contributed by atoms with van der Waals surface area (Å²) in [5.41, 5.74) is 0.987. The number of halogens is 1. The molecule has 0 unspecified atom stereocenters. The van der Waals surface area contributed by atoms with Gasteiger partial charge in [-0.2, -0.15) is 5.26 Å². The van der Waals surface area contributed by atoms with E-state index in [1.54, 1.807) is 0 Å². The van der Waals surface area contributed by atoms with Crippen LogP contribution < -0.4 is 5.32 Å². The lowest BCUT2D eigenvalue weighted by Crippen LogP contribution is -2.46. The van der Waals surface area contributed by atoms with E-state index >= 15 is 0 Å². The van der Waals surface area contributed by atoms with Crippen LogP contribution in [0.3, 0.4) is 0 Å². The Bertz CT molecular complexity index is 604. The summed E-state index contributed by atoms with van der Waals surface area (Å²) in [5, 5.41) is 12.0. The molecule has 122 valence electrons. The minimum Gasteiger partial charge on any atom is -0.352 e. The van der Waals surface area contributed by atoms with Crippen LogP contribution in [0.5, 0.6) is 0 Å². The van der Waals surface area contributed by atoms with E-state index in [0.29, 0.717) is 31.0 Å². The zero-order valence-electron chi connectivity index (χ0n) is 12.9. The lowest BCUT2D eigenvalue weighted by Gasteiger charge is -2.32. The number of nitrogens with zero attached hydrogens (tertiary/aromatic N) is 2. The minimum absolute atomic E-state index is 0.0588. The summed E-state index contributed by atoms with van der Waals surface area (Å²) in [6, 6.07) is 9.45. The van der Waals surface area contributed by atoms with Crippen molar-refractivity contribution < 1.29 is 9.59 Å². The van der Waals surface area contributed by atoms with E-state index < -0.39 is 0 Å². The fourth-order valence-electron chi connectivity index (χ4n) is 2.72. The van der Waals surface area contributed by atoms with Crippen LogP contribution in [0, 0.1) is 11.3 Å². The second-order valence-electron chi connectivity index (χ2n) is 5.65. The van der Waals surface area contributed by atoms with Gasteiger partial charge in [0.15, 0.2) is 0 Å². The van der Waals surface area contributed by atoms with Crippen LogP contribution in [0.4, 0.5) is 0 Å². The third kappa shape index (κ3) is 5.26. The number of nitriles is 1. The summed E-state index contributed by atoms with van der Waals surface area (Å²) in [4.78, 5) is 25.5. The van der Waals surface area contributed by atoms with Crippen molar-refractivity contribution in [3.8, 4) is 6.07 Å². The Balaban J connectivity index is 1.74. The Labute approximate surface area is 141 Å². The molecule has 1 fully saturated rings. The Hall–Kier alpha value is -2.06. The average Bonchev–Trinajstić information content (AvgIpc) is 2.55. The molecule has 0 radical (unpaired) electrons. The summed E-state index contributed by atoms with van der Waals surface area (Å²) >= 11 is 6.10. The highest BCUT2D eigenvalue weighted by molar-refractivity contribution is 6.31. The number of aryl methyl sites for hydroxylation is 1. The zero-order chi connectivity index (χ0) is 16.7. The van der Waals surface area contributed by atoms with E-state index in [1.807, 2.05) is 35.2 Å². The predicted octanol–water partition coefficient (Wildman–Crippen LogP) is 2.29. The van der Waals surface area contributed by atoms with E-state index in [2.05, 4.69) is 5.32 Å². The van der Waals surface area contributed by atoms with Crippen LogP contribution in [-0.2, 0) is 16.0 Å². The molecule has 0 saturated carbocycles. The number of nitrogens with one attached hydrogen (secondary N) is 1. The maximum atomic E-state index is 12.3. The van der Waals surface area contributed by atoms with Gasteiger partial charge in [0.05, 0.1) is 6.07 Å². The van der Waals surface area contributed by atoms with Crippen molar-refractivity contribution in [2.24, 2.45) is 0 Å². The van der Waals surface area contributed by atoms with Crippen LogP contribution in [0.2, 0.25) is 5.02 Å². The first-order valence-corrected chi connectivity index (χ1v) is 8.15. The molecule has 6 heteroatoms. The maximum absolute atomic E-state index is 12.3. The van der Waals surface area contributed by atoms with Crippen LogP contribution in [0.25, 0.3) is 0 Å². The van der Waals surface area contributed by atoms with E-state index in [4.69, 9.17) is 16.9 Å². The van der Waals surface area contributed by atoms with Gasteiger partial charge in [0.1, 0.15) is 6.42 Å². The molecule has 0 aliphatic carbocycles. The van der Waals surface area contributed by atoms with Crippen LogP contribution in [-0.4, -0.2) is 35.8 Å². The average molecular weight is 334 g/mol. The van der Waals surface area contributed by atoms with Gasteiger partial charge in [-0.05, 0) is 30.9 Å². The third-order valence-corrected chi connectivity index (χ3v) is 4.39. The van der Waals surface area contributed by atoms with Crippen molar-refractivity contribution >= 4 is 23.4 Å². The topological polar surface area (TPSA) is 73.2 Å². The molecule has 0 spiro atoms. The second-order valence-corrected chi connectivity index (χ2v) is 6.06. The molecule has 1 heterocycles. The van der Waals surface area contributed by atoms with Gasteiger partial charge >= 0.3 is 0 Å². The Morgan fingerprint density at radius 3 is 2.65 bits per heavy atom. The number of likely N-dealkylation sites (tertiary alicyclic amines) is 1. The molecule has 1 aromatic rings. The fraction of sp³-hybridized carbons (Fsp3) is 0.471. The first-order chi connectivity index (χ1) is 11.1. The minimum atomic E-state index is -0.240. The third-order valence-electron chi connectivity index (χ3n) is 4.02. The lowest BCUT2D eigenvalue weighted by molar-refractivity contribution is -0.132. The van der Waals surface area contributed by atoms with Crippen molar-refractivity contribution in [3.05, 3.63) is 34.9 Å². The monoisotopic (exact) mass is 333 g/mol. The first-order valence-electron chi connectivity index (χ1n) is 7.77. The van der Waals surface area contributed by atoms with E-state index in [-0.39, 0.29) is 24.3 Å². The van der Waals surface area contributed by atoms with Crippen LogP contribution in [0.1, 0.15) is 31.2 Å². The van der Waals surface area contributed by atoms with Gasteiger partial charge in [0.25, 0.3) is 0 Å². The molecule has 0 bridgehead atoms. The molecule has 5 nitrogen and oxygen atoms in total. The normalized spacial score (nSPS) is 15.0. The molecule has 23 heavy (non-hydrogen) atoms. The van der Waals surface area contributed by atoms with E-state index in [0.717, 1.165) is 18.4 Å². The fourth-order valence-corrected chi connectivity index (χ4v) is 2.95. The second kappa shape index (κ2) is 8.54. The van der Waals surface area contributed by atoms with Gasteiger partial charge < -0.3 is 10.2 Å². The van der Waals surface area contributed by atoms with Gasteiger partial charge in [-0.15, -0.1) is 0 Å². The van der Waals surface area contributed by atoms with Crippen molar-refractivity contribution in [2.75, 3.05) is 13.1 Å². The lowest BCUT2D eigenvalue weighted by atomic mass is 10.0. The maximum Gasteiger partial charge on any atom is 0.234 e. The number of amides is 2. The van der Waals surface area contributed by atoms with E-state index in [9.17, 15) is 9.59 Å². The van der Waals surface area contributed by atoms with Crippen molar-refractivity contribution in [1.29, 1.82) is 5.26 Å². The molecular weight excluding hydrogens is 314 g/mol. The predicted molar refractivity (Wildman–Crippen MR) is 87.7 cm³/mol. The van der Waals surface area contributed by atoms with Crippen molar-refractivity contribution in [1.82, 2.24) is 10.2 Å². The van der Waals surface area contributed by atoms with Gasteiger partial charge in [-0.1, -0.05) is 29.8 Å². The number of benzene rings is 1. The van der Waals surface area contributed by atoms with Gasteiger partial charge in [-0.25, -0.2) is 0 Å². The Morgan fingerprint density at radius 2 is 2.00 bits per heavy atom. The SMILES string of the molecule is N#CCC(=O)NC1CCN(C(=O)CCc2ccccc2Cl)CC1.